The molecule has 7 nitrogen and oxygen atoms in total. The monoisotopic (exact) mass is 546 g/mol. The number of benzene rings is 3. The van der Waals surface area contributed by atoms with Crippen LogP contribution in [0.1, 0.15) is 15.9 Å². The minimum absolute atomic E-state index is 0.116. The van der Waals surface area contributed by atoms with Crippen molar-refractivity contribution in [3.63, 3.8) is 0 Å². The first kappa shape index (κ1) is 25.7. The number of hydrogen-bond donors (Lipinski definition) is 1. The second-order valence-corrected chi connectivity index (χ2v) is 8.78. The summed E-state index contributed by atoms with van der Waals surface area (Å²) >= 11 is 5.62. The fourth-order valence-electron chi connectivity index (χ4n) is 3.86. The van der Waals surface area contributed by atoms with Crippen molar-refractivity contribution in [3.05, 3.63) is 82.8 Å². The third kappa shape index (κ3) is 5.63. The van der Waals surface area contributed by atoms with Crippen LogP contribution in [0.4, 0.5) is 29.1 Å². The van der Waals surface area contributed by atoms with Gasteiger partial charge in [0.15, 0.2) is 11.6 Å². The molecule has 0 aliphatic carbocycles. The molecule has 1 saturated heterocycles. The summed E-state index contributed by atoms with van der Waals surface area (Å²) in [5.41, 5.74) is -0.120. The molecule has 4 aromatic rings. The molecule has 5 rings (SSSR count). The summed E-state index contributed by atoms with van der Waals surface area (Å²) in [6.07, 6.45) is -3.05. The predicted molar refractivity (Wildman–Crippen MR) is 133 cm³/mol. The molecule has 0 spiro atoms. The van der Waals surface area contributed by atoms with Crippen LogP contribution < -0.4 is 15.0 Å². The second kappa shape index (κ2) is 10.4. The number of nitrogens with zero attached hydrogens (tertiary/aromatic N) is 3. The summed E-state index contributed by atoms with van der Waals surface area (Å²) in [4.78, 5) is 23.7. The number of anilines is 2. The zero-order chi connectivity index (χ0) is 26.9. The minimum Gasteiger partial charge on any atom is -0.454 e. The number of hydrogen-bond acceptors (Lipinski definition) is 6. The van der Waals surface area contributed by atoms with Gasteiger partial charge in [-0.25, -0.2) is 9.37 Å². The van der Waals surface area contributed by atoms with E-state index < -0.39 is 28.5 Å². The Morgan fingerprint density at radius 2 is 1.82 bits per heavy atom. The van der Waals surface area contributed by atoms with Gasteiger partial charge in [0, 0.05) is 36.5 Å². The fourth-order valence-corrected chi connectivity index (χ4v) is 4.09. The molecule has 0 unspecified atom stereocenters. The van der Waals surface area contributed by atoms with E-state index in [4.69, 9.17) is 21.1 Å². The van der Waals surface area contributed by atoms with Crippen molar-refractivity contribution in [3.8, 4) is 11.5 Å². The van der Waals surface area contributed by atoms with E-state index in [1.807, 2.05) is 4.90 Å². The summed E-state index contributed by atoms with van der Waals surface area (Å²) in [6, 6.07) is 11.3. The molecule has 1 fully saturated rings. The van der Waals surface area contributed by atoms with Crippen LogP contribution in [-0.4, -0.2) is 42.2 Å². The molecule has 0 saturated carbocycles. The van der Waals surface area contributed by atoms with E-state index in [-0.39, 0.29) is 22.7 Å². The van der Waals surface area contributed by atoms with Gasteiger partial charge in [-0.3, -0.25) is 9.78 Å². The molecule has 38 heavy (non-hydrogen) atoms. The van der Waals surface area contributed by atoms with Crippen molar-refractivity contribution in [2.24, 2.45) is 0 Å². The molecule has 0 atom stereocenters. The van der Waals surface area contributed by atoms with E-state index in [9.17, 15) is 22.4 Å². The number of ether oxygens (including phenoxy) is 2. The van der Waals surface area contributed by atoms with Crippen LogP contribution in [0, 0.1) is 5.82 Å². The highest BCUT2D eigenvalue weighted by Gasteiger charge is 2.33. The highest BCUT2D eigenvalue weighted by Crippen LogP contribution is 2.35. The zero-order valence-corrected chi connectivity index (χ0v) is 20.3. The lowest BCUT2D eigenvalue weighted by Gasteiger charge is -2.27. The predicted octanol–water partition coefficient (Wildman–Crippen LogP) is 6.32. The number of amides is 1. The topological polar surface area (TPSA) is 76.6 Å². The highest BCUT2D eigenvalue weighted by molar-refractivity contribution is 6.31. The van der Waals surface area contributed by atoms with Crippen LogP contribution >= 0.6 is 11.6 Å². The largest absolute Gasteiger partial charge is 0.454 e. The van der Waals surface area contributed by atoms with Gasteiger partial charge >= 0.3 is 6.18 Å². The summed E-state index contributed by atoms with van der Waals surface area (Å²) in [5, 5.41) is 1.92. The summed E-state index contributed by atoms with van der Waals surface area (Å²) < 4.78 is 65.1. The first-order valence-electron chi connectivity index (χ1n) is 11.4. The molecule has 0 bridgehead atoms. The second-order valence-electron chi connectivity index (χ2n) is 8.37. The molecule has 0 radical (unpaired) electrons. The lowest BCUT2D eigenvalue weighted by Crippen LogP contribution is -2.36. The van der Waals surface area contributed by atoms with Gasteiger partial charge < -0.3 is 19.7 Å². The van der Waals surface area contributed by atoms with Gasteiger partial charge in [-0.15, -0.1) is 0 Å². The molecular weight excluding hydrogens is 528 g/mol. The number of carbonyl (C=O) groups is 1. The summed E-state index contributed by atoms with van der Waals surface area (Å²) in [7, 11) is 0. The maximum atomic E-state index is 14.5. The Morgan fingerprint density at radius 3 is 2.58 bits per heavy atom. The SMILES string of the molecule is O=C(Nc1ccc(F)c(Oc2ccc3ncc(N4CCOCC4)nc3c2)c1)c1ccc(Cl)c(C(F)(F)F)c1. The van der Waals surface area contributed by atoms with E-state index in [0.29, 0.717) is 49.2 Å². The minimum atomic E-state index is -4.72. The normalized spacial score (nSPS) is 14.0. The first-order chi connectivity index (χ1) is 18.2. The fraction of sp³-hybridized carbons (Fsp3) is 0.192. The van der Waals surface area contributed by atoms with E-state index in [1.165, 1.54) is 12.1 Å². The number of nitrogens with one attached hydrogen (secondary N) is 1. The Labute approximate surface area is 219 Å². The summed E-state index contributed by atoms with van der Waals surface area (Å²) in [5.74, 6) is -0.777. The first-order valence-corrected chi connectivity index (χ1v) is 11.8. The molecule has 1 amide bonds. The number of carbonyl (C=O) groups excluding carboxylic acids is 1. The smallest absolute Gasteiger partial charge is 0.417 e. The Hall–Kier alpha value is -3.96. The Kier molecular flexibility index (Phi) is 7.04. The Morgan fingerprint density at radius 1 is 1.03 bits per heavy atom. The average Bonchev–Trinajstić information content (AvgIpc) is 2.90. The van der Waals surface area contributed by atoms with E-state index >= 15 is 0 Å². The Bertz CT molecular complexity index is 1510. The van der Waals surface area contributed by atoms with Gasteiger partial charge in [-0.05, 0) is 42.5 Å². The maximum Gasteiger partial charge on any atom is 0.417 e. The molecule has 1 aliphatic heterocycles. The third-order valence-electron chi connectivity index (χ3n) is 5.79. The number of halogens is 5. The van der Waals surface area contributed by atoms with E-state index in [0.717, 1.165) is 18.2 Å². The maximum absolute atomic E-state index is 14.5. The molecule has 2 heterocycles. The standard InChI is InChI=1S/C26H19ClF4N4O3/c27-19-4-1-15(11-18(19)26(29,30)31)25(36)33-16-2-5-20(28)23(12-16)38-17-3-6-21-22(13-17)34-24(14-32-21)35-7-9-37-10-8-35/h1-6,11-14H,7-10H2,(H,33,36). The molecule has 196 valence electrons. The van der Waals surface area contributed by atoms with Crippen molar-refractivity contribution in [1.82, 2.24) is 9.97 Å². The van der Waals surface area contributed by atoms with Crippen LogP contribution in [0.15, 0.2) is 60.8 Å². The number of fused-ring (bicyclic) bond motifs is 1. The quantitative estimate of drug-likeness (QED) is 0.295. The highest BCUT2D eigenvalue weighted by atomic mass is 35.5. The average molecular weight is 547 g/mol. The van der Waals surface area contributed by atoms with Crippen LogP contribution in [0.2, 0.25) is 5.02 Å². The molecule has 1 aliphatic rings. The molecule has 1 N–H and O–H groups in total. The van der Waals surface area contributed by atoms with Crippen molar-refractivity contribution in [2.45, 2.75) is 6.18 Å². The van der Waals surface area contributed by atoms with Gasteiger partial charge in [0.1, 0.15) is 11.6 Å². The van der Waals surface area contributed by atoms with Gasteiger partial charge in [-0.1, -0.05) is 11.6 Å². The van der Waals surface area contributed by atoms with E-state index in [2.05, 4.69) is 15.3 Å². The van der Waals surface area contributed by atoms with Crippen molar-refractivity contribution in [2.75, 3.05) is 36.5 Å². The van der Waals surface area contributed by atoms with Gasteiger partial charge in [-0.2, -0.15) is 13.2 Å². The Balaban J connectivity index is 1.35. The number of aromatic nitrogens is 2. The molecule has 12 heteroatoms. The van der Waals surface area contributed by atoms with Crippen molar-refractivity contribution < 1.29 is 31.8 Å². The van der Waals surface area contributed by atoms with E-state index in [1.54, 1.807) is 24.4 Å². The van der Waals surface area contributed by atoms with Crippen LogP contribution in [0.25, 0.3) is 11.0 Å². The lowest BCUT2D eigenvalue weighted by molar-refractivity contribution is -0.137. The van der Waals surface area contributed by atoms with Crippen LogP contribution in [0.5, 0.6) is 11.5 Å². The summed E-state index contributed by atoms with van der Waals surface area (Å²) in [6.45, 7) is 2.56. The number of rotatable bonds is 5. The van der Waals surface area contributed by atoms with Crippen LogP contribution in [-0.2, 0) is 10.9 Å². The van der Waals surface area contributed by atoms with Crippen molar-refractivity contribution in [1.29, 1.82) is 0 Å². The third-order valence-corrected chi connectivity index (χ3v) is 6.12. The van der Waals surface area contributed by atoms with Gasteiger partial charge in [0.2, 0.25) is 0 Å². The van der Waals surface area contributed by atoms with Gasteiger partial charge in [0.05, 0.1) is 41.0 Å². The number of morpholine rings is 1. The molecule has 3 aromatic carbocycles. The lowest BCUT2D eigenvalue weighted by atomic mass is 10.1. The van der Waals surface area contributed by atoms with Crippen LogP contribution in [0.3, 0.4) is 0 Å². The van der Waals surface area contributed by atoms with Crippen molar-refractivity contribution >= 4 is 40.0 Å². The van der Waals surface area contributed by atoms with Gasteiger partial charge in [0.25, 0.3) is 5.91 Å². The zero-order valence-electron chi connectivity index (χ0n) is 19.6. The number of alkyl halides is 3. The molecule has 1 aromatic heterocycles. The molecular formula is C26H19ClF4N4O3.